The molecule has 1 amide bonds. The Balaban J connectivity index is 1.41. The van der Waals surface area contributed by atoms with Gasteiger partial charge in [0.05, 0.1) is 15.8 Å². The Bertz CT molecular complexity index is 1610. The van der Waals surface area contributed by atoms with E-state index in [1.54, 1.807) is 23.1 Å². The third-order valence-corrected chi connectivity index (χ3v) is 8.41. The molecule has 1 aliphatic heterocycles. The quantitative estimate of drug-likeness (QED) is 0.350. The van der Waals surface area contributed by atoms with Crippen LogP contribution in [0, 0.1) is 0 Å². The van der Waals surface area contributed by atoms with E-state index >= 15 is 0 Å². The summed E-state index contributed by atoms with van der Waals surface area (Å²) < 4.78 is 33.1. The molecule has 0 spiro atoms. The maximum Gasteiger partial charge on any atom is 0.410 e. The van der Waals surface area contributed by atoms with Crippen molar-refractivity contribution in [3.8, 4) is 0 Å². The first-order valence-electron chi connectivity index (χ1n) is 12.4. The van der Waals surface area contributed by atoms with E-state index in [0.717, 1.165) is 15.7 Å². The Morgan fingerprint density at radius 3 is 2.44 bits per heavy atom. The highest BCUT2D eigenvalue weighted by Crippen LogP contribution is 2.31. The average molecular weight is 550 g/mol. The van der Waals surface area contributed by atoms with Gasteiger partial charge in [-0.1, -0.05) is 48.5 Å². The largest absolute Gasteiger partial charge is 0.478 e. The minimum atomic E-state index is -4.12. The lowest BCUT2D eigenvalue weighted by atomic mass is 9.99. The Labute approximate surface area is 225 Å². The first kappa shape index (κ1) is 26.2. The molecule has 1 saturated heterocycles. The Kier molecular flexibility index (Phi) is 7.20. The van der Waals surface area contributed by atoms with Crippen LogP contribution in [0.3, 0.4) is 0 Å². The van der Waals surface area contributed by atoms with Gasteiger partial charge in [0.1, 0.15) is 18.8 Å². The number of nitrogens with zero attached hydrogens (tertiary/aromatic N) is 4. The fraction of sp³-hybridized carbons (Fsp3) is 0.259. The molecule has 1 fully saturated rings. The number of likely N-dealkylation sites (tertiary alicyclic amines) is 1. The summed E-state index contributed by atoms with van der Waals surface area (Å²) in [5, 5.41) is 13.2. The van der Waals surface area contributed by atoms with Gasteiger partial charge in [0.2, 0.25) is 0 Å². The lowest BCUT2D eigenvalue weighted by molar-refractivity contribution is 0.0690. The molecule has 5 rings (SSSR count). The molecular formula is C27H27N5O6S. The predicted octanol–water partition coefficient (Wildman–Crippen LogP) is 3.97. The Morgan fingerprint density at radius 1 is 1.05 bits per heavy atom. The Hall–Kier alpha value is -4.45. The fourth-order valence-electron chi connectivity index (χ4n) is 4.67. The van der Waals surface area contributed by atoms with Crippen LogP contribution in [0.25, 0.3) is 11.0 Å². The van der Waals surface area contributed by atoms with Crippen molar-refractivity contribution in [3.05, 3.63) is 84.3 Å². The summed E-state index contributed by atoms with van der Waals surface area (Å²) in [4.78, 5) is 35.0. The number of hydrogen-bond acceptors (Lipinski definition) is 8. The van der Waals surface area contributed by atoms with Gasteiger partial charge in [-0.05, 0) is 37.5 Å². The lowest BCUT2D eigenvalue weighted by Gasteiger charge is -2.37. The molecule has 202 valence electrons. The van der Waals surface area contributed by atoms with Gasteiger partial charge in [0.15, 0.2) is 5.65 Å². The number of carboxylic acid groups (broad SMARTS) is 1. The highest BCUT2D eigenvalue weighted by molar-refractivity contribution is 7.90. The van der Waals surface area contributed by atoms with Crippen LogP contribution in [0.5, 0.6) is 0 Å². The minimum absolute atomic E-state index is 0.00196. The number of amides is 1. The van der Waals surface area contributed by atoms with E-state index in [-0.39, 0.29) is 46.0 Å². The van der Waals surface area contributed by atoms with Crippen molar-refractivity contribution in [1.29, 1.82) is 0 Å². The predicted molar refractivity (Wildman–Crippen MR) is 143 cm³/mol. The third-order valence-electron chi connectivity index (χ3n) is 6.74. The number of benzene rings is 2. The van der Waals surface area contributed by atoms with Gasteiger partial charge < -0.3 is 20.1 Å². The molecule has 11 nitrogen and oxygen atoms in total. The van der Waals surface area contributed by atoms with Crippen molar-refractivity contribution in [1.82, 2.24) is 18.8 Å². The van der Waals surface area contributed by atoms with Crippen LogP contribution in [0.1, 0.15) is 35.7 Å². The maximum absolute atomic E-state index is 13.3. The van der Waals surface area contributed by atoms with Gasteiger partial charge in [-0.3, -0.25) is 0 Å². The number of aromatic nitrogens is 3. The van der Waals surface area contributed by atoms with Crippen molar-refractivity contribution >= 4 is 38.9 Å². The number of piperidine rings is 1. The van der Waals surface area contributed by atoms with Crippen LogP contribution >= 0.6 is 0 Å². The van der Waals surface area contributed by atoms with Crippen LogP contribution < -0.4 is 5.32 Å². The van der Waals surface area contributed by atoms with E-state index in [2.05, 4.69) is 15.3 Å². The van der Waals surface area contributed by atoms with E-state index < -0.39 is 22.1 Å². The van der Waals surface area contributed by atoms with Gasteiger partial charge in [0, 0.05) is 24.8 Å². The fourth-order valence-corrected chi connectivity index (χ4v) is 6.01. The number of anilines is 1. The number of fused-ring (bicyclic) bond motifs is 1. The number of hydrogen-bond donors (Lipinski definition) is 2. The molecule has 0 radical (unpaired) electrons. The smallest absolute Gasteiger partial charge is 0.410 e. The summed E-state index contributed by atoms with van der Waals surface area (Å²) in [6.45, 7) is 2.39. The monoisotopic (exact) mass is 549 g/mol. The van der Waals surface area contributed by atoms with Gasteiger partial charge in [0.25, 0.3) is 10.0 Å². The molecule has 39 heavy (non-hydrogen) atoms. The second-order valence-electron chi connectivity index (χ2n) is 9.34. The molecule has 1 aliphatic rings. The van der Waals surface area contributed by atoms with Crippen molar-refractivity contribution in [2.75, 3.05) is 11.9 Å². The summed E-state index contributed by atoms with van der Waals surface area (Å²) in [6.07, 6.45) is 3.15. The summed E-state index contributed by atoms with van der Waals surface area (Å²) in [5.41, 5.74) is 0.567. The molecule has 12 heteroatoms. The summed E-state index contributed by atoms with van der Waals surface area (Å²) in [7, 11) is -4.12. The highest BCUT2D eigenvalue weighted by Gasteiger charge is 2.32. The number of nitrogens with one attached hydrogen (secondary N) is 1. The van der Waals surface area contributed by atoms with Crippen molar-refractivity contribution in [2.45, 2.75) is 43.4 Å². The van der Waals surface area contributed by atoms with Gasteiger partial charge in [-0.15, -0.1) is 0 Å². The zero-order valence-corrected chi connectivity index (χ0v) is 21.9. The third kappa shape index (κ3) is 5.28. The maximum atomic E-state index is 13.3. The molecule has 2 N–H and O–H groups in total. The first-order valence-corrected chi connectivity index (χ1v) is 13.8. The standard InChI is InChI=1S/C27H27N5O6S/c1-18-12-13-20(14-31(18)27(35)38-16-19-8-4-2-5-9-19)30-24-23-22(26(33)34)15-32(25(23)29-17-28-24)39(36,37)21-10-6-3-7-11-21/h2-11,15,17-18,20H,12-14,16H2,1H3,(H,33,34)(H,28,29,30)/t18-,20+/m0/s1. The van der Waals surface area contributed by atoms with E-state index in [0.29, 0.717) is 19.4 Å². The second kappa shape index (κ2) is 10.7. The number of carbonyl (C=O) groups excluding carboxylic acids is 1. The Morgan fingerprint density at radius 2 is 1.74 bits per heavy atom. The normalized spacial score (nSPS) is 17.6. The summed E-state index contributed by atoms with van der Waals surface area (Å²) >= 11 is 0. The molecule has 2 aromatic carbocycles. The highest BCUT2D eigenvalue weighted by atomic mass is 32.2. The number of rotatable bonds is 7. The van der Waals surface area contributed by atoms with Crippen LogP contribution in [0.2, 0.25) is 0 Å². The van der Waals surface area contributed by atoms with Crippen LogP contribution in [0.15, 0.2) is 78.1 Å². The minimum Gasteiger partial charge on any atom is -0.478 e. The number of aromatic carboxylic acids is 1. The van der Waals surface area contributed by atoms with E-state index in [9.17, 15) is 23.1 Å². The van der Waals surface area contributed by atoms with E-state index in [4.69, 9.17) is 4.74 Å². The van der Waals surface area contributed by atoms with Crippen LogP contribution in [-0.4, -0.2) is 63.1 Å². The first-order chi connectivity index (χ1) is 18.8. The van der Waals surface area contributed by atoms with E-state index in [1.165, 1.54) is 18.5 Å². The SMILES string of the molecule is C[C@H]1CC[C@@H](Nc2ncnc3c2c(C(=O)O)cn3S(=O)(=O)c2ccccc2)CN1C(=O)OCc1ccccc1. The van der Waals surface area contributed by atoms with Crippen molar-refractivity contribution < 1.29 is 27.9 Å². The number of ether oxygens (including phenoxy) is 1. The number of carboxylic acids is 1. The van der Waals surface area contributed by atoms with Crippen LogP contribution in [-0.2, 0) is 21.4 Å². The van der Waals surface area contributed by atoms with Gasteiger partial charge in [-0.25, -0.2) is 31.9 Å². The van der Waals surface area contributed by atoms with Crippen LogP contribution in [0.4, 0.5) is 10.6 Å². The zero-order chi connectivity index (χ0) is 27.6. The molecule has 0 unspecified atom stereocenters. The molecule has 3 heterocycles. The molecular weight excluding hydrogens is 522 g/mol. The average Bonchev–Trinajstić information content (AvgIpc) is 3.36. The molecule has 2 atom stereocenters. The molecule has 4 aromatic rings. The molecule has 0 saturated carbocycles. The van der Waals surface area contributed by atoms with Crippen molar-refractivity contribution in [3.63, 3.8) is 0 Å². The molecule has 2 aromatic heterocycles. The number of carbonyl (C=O) groups is 2. The summed E-state index contributed by atoms with van der Waals surface area (Å²) in [5.74, 6) is -1.14. The second-order valence-corrected chi connectivity index (χ2v) is 11.2. The molecule has 0 bridgehead atoms. The van der Waals surface area contributed by atoms with Crippen molar-refractivity contribution in [2.24, 2.45) is 0 Å². The van der Waals surface area contributed by atoms with E-state index in [1.807, 2.05) is 37.3 Å². The summed E-state index contributed by atoms with van der Waals surface area (Å²) in [6, 6.07) is 16.8. The van der Waals surface area contributed by atoms with Gasteiger partial charge in [-0.2, -0.15) is 0 Å². The lowest BCUT2D eigenvalue weighted by Crippen LogP contribution is -2.49. The zero-order valence-electron chi connectivity index (χ0n) is 21.1. The molecule has 0 aliphatic carbocycles. The van der Waals surface area contributed by atoms with Gasteiger partial charge >= 0.3 is 12.1 Å². The topological polar surface area (TPSA) is 144 Å².